The largest absolute Gasteiger partial charge is 0.341 e. The van der Waals surface area contributed by atoms with E-state index >= 15 is 0 Å². The number of nitrogens with zero attached hydrogens (tertiary/aromatic N) is 4. The van der Waals surface area contributed by atoms with E-state index in [1.54, 1.807) is 12.4 Å². The number of imidazole rings is 2. The summed E-state index contributed by atoms with van der Waals surface area (Å²) in [6, 6.07) is 9.58. The minimum Gasteiger partial charge on any atom is -0.341 e. The van der Waals surface area contributed by atoms with Crippen LogP contribution < -0.4 is 5.32 Å². The average Bonchev–Trinajstić information content (AvgIpc) is 3.20. The van der Waals surface area contributed by atoms with Gasteiger partial charge < -0.3 is 14.5 Å². The lowest BCUT2D eigenvalue weighted by Crippen LogP contribution is -2.32. The lowest BCUT2D eigenvalue weighted by atomic mass is 10.1. The fourth-order valence-corrected chi connectivity index (χ4v) is 3.16. The van der Waals surface area contributed by atoms with Crippen molar-refractivity contribution >= 4 is 17.7 Å². The fourth-order valence-electron chi connectivity index (χ4n) is 2.42. The van der Waals surface area contributed by atoms with Crippen molar-refractivity contribution in [1.29, 1.82) is 0 Å². The van der Waals surface area contributed by atoms with E-state index < -0.39 is 0 Å². The number of hydrogen-bond acceptors (Lipinski definition) is 4. The van der Waals surface area contributed by atoms with Gasteiger partial charge in [-0.2, -0.15) is 0 Å². The van der Waals surface area contributed by atoms with Gasteiger partial charge >= 0.3 is 0 Å². The van der Waals surface area contributed by atoms with Crippen molar-refractivity contribution < 1.29 is 4.79 Å². The van der Waals surface area contributed by atoms with Crippen LogP contribution in [0.4, 0.5) is 0 Å². The topological polar surface area (TPSA) is 64.7 Å². The molecule has 7 heteroatoms. The molecule has 3 aromatic rings. The third-order valence-corrected chi connectivity index (χ3v) is 4.72. The van der Waals surface area contributed by atoms with Crippen LogP contribution in [0.25, 0.3) is 0 Å². The van der Waals surface area contributed by atoms with Gasteiger partial charge in [0.1, 0.15) is 11.9 Å². The highest BCUT2D eigenvalue weighted by molar-refractivity contribution is 7.99. The summed E-state index contributed by atoms with van der Waals surface area (Å²) >= 11 is 1.41. The van der Waals surface area contributed by atoms with Crippen LogP contribution in [0.1, 0.15) is 17.4 Å². The summed E-state index contributed by atoms with van der Waals surface area (Å²) in [6.45, 7) is 0. The Labute approximate surface area is 144 Å². The maximum absolute atomic E-state index is 12.4. The zero-order valence-corrected chi connectivity index (χ0v) is 14.4. The first-order valence-corrected chi connectivity index (χ1v) is 8.55. The molecule has 0 saturated carbocycles. The molecule has 0 bridgehead atoms. The number of aryl methyl sites for hydroxylation is 2. The first-order valence-electron chi connectivity index (χ1n) is 7.57. The smallest absolute Gasteiger partial charge is 0.231 e. The van der Waals surface area contributed by atoms with E-state index in [0.717, 1.165) is 16.5 Å². The Hall–Kier alpha value is -2.54. The quantitative estimate of drug-likeness (QED) is 0.698. The van der Waals surface area contributed by atoms with Crippen molar-refractivity contribution in [2.45, 2.75) is 11.2 Å². The van der Waals surface area contributed by atoms with Crippen LogP contribution in [0.5, 0.6) is 0 Å². The van der Waals surface area contributed by atoms with Crippen molar-refractivity contribution in [2.24, 2.45) is 14.1 Å². The Bertz CT molecular complexity index is 811. The second-order valence-electron chi connectivity index (χ2n) is 5.42. The molecule has 2 aromatic heterocycles. The molecule has 124 valence electrons. The highest BCUT2D eigenvalue weighted by Crippen LogP contribution is 2.21. The molecule has 0 radical (unpaired) electrons. The van der Waals surface area contributed by atoms with Gasteiger partial charge in [-0.3, -0.25) is 4.79 Å². The van der Waals surface area contributed by atoms with Gasteiger partial charge in [0.2, 0.25) is 5.91 Å². The number of carbonyl (C=O) groups excluding carboxylic acids is 1. The minimum absolute atomic E-state index is 0.0557. The summed E-state index contributed by atoms with van der Waals surface area (Å²) in [6.07, 6.45) is 7.20. The molecule has 1 aromatic carbocycles. The number of carbonyl (C=O) groups is 1. The molecule has 0 aliphatic carbocycles. The van der Waals surface area contributed by atoms with Gasteiger partial charge in [-0.25, -0.2) is 9.97 Å². The zero-order valence-electron chi connectivity index (χ0n) is 13.6. The molecule has 2 heterocycles. The van der Waals surface area contributed by atoms with E-state index in [2.05, 4.69) is 15.3 Å². The van der Waals surface area contributed by atoms with Gasteiger partial charge in [0.25, 0.3) is 0 Å². The van der Waals surface area contributed by atoms with Crippen molar-refractivity contribution in [2.75, 3.05) is 5.75 Å². The monoisotopic (exact) mass is 341 g/mol. The number of aromatic nitrogens is 4. The molecule has 0 unspecified atom stereocenters. The third-order valence-electron chi connectivity index (χ3n) is 3.66. The highest BCUT2D eigenvalue weighted by Gasteiger charge is 2.20. The first-order chi connectivity index (χ1) is 11.6. The van der Waals surface area contributed by atoms with Crippen LogP contribution in [0, 0.1) is 0 Å². The lowest BCUT2D eigenvalue weighted by molar-refractivity contribution is -0.119. The number of nitrogens with one attached hydrogen (secondary N) is 1. The number of hydrogen-bond donors (Lipinski definition) is 1. The summed E-state index contributed by atoms with van der Waals surface area (Å²) in [5.74, 6) is 1.05. The Morgan fingerprint density at radius 2 is 1.83 bits per heavy atom. The summed E-state index contributed by atoms with van der Waals surface area (Å²) < 4.78 is 3.81. The molecular formula is C17H19N5OS. The summed E-state index contributed by atoms with van der Waals surface area (Å²) in [5, 5.41) is 3.90. The van der Waals surface area contributed by atoms with Gasteiger partial charge in [-0.05, 0) is 5.56 Å². The Morgan fingerprint density at radius 3 is 2.46 bits per heavy atom. The molecule has 1 amide bonds. The van der Waals surface area contributed by atoms with Crippen LogP contribution in [-0.2, 0) is 18.9 Å². The Morgan fingerprint density at radius 1 is 1.12 bits per heavy atom. The standard InChI is InChI=1S/C17H19N5OS/c1-21-10-8-18-16(21)15(13-6-4-3-5-7-13)20-14(23)12-24-17-19-9-11-22(17)2/h3-11,15H,12H2,1-2H3,(H,20,23)/t15-/m0/s1. The SMILES string of the molecule is Cn1ccnc1SCC(=O)N[C@@H](c1ccccc1)c1nccn1C. The van der Waals surface area contributed by atoms with Crippen LogP contribution in [0.15, 0.2) is 60.3 Å². The molecule has 0 aliphatic rings. The van der Waals surface area contributed by atoms with Crippen LogP contribution in [0.2, 0.25) is 0 Å². The van der Waals surface area contributed by atoms with Crippen molar-refractivity contribution in [3.63, 3.8) is 0 Å². The van der Waals surface area contributed by atoms with Crippen molar-refractivity contribution in [3.8, 4) is 0 Å². The number of thioether (sulfide) groups is 1. The molecule has 0 fully saturated rings. The molecule has 1 N–H and O–H groups in total. The predicted octanol–water partition coefficient (Wildman–Crippen LogP) is 2.15. The normalized spacial score (nSPS) is 12.1. The maximum Gasteiger partial charge on any atom is 0.231 e. The average molecular weight is 341 g/mol. The maximum atomic E-state index is 12.4. The first kappa shape index (κ1) is 16.3. The molecule has 0 spiro atoms. The minimum atomic E-state index is -0.277. The van der Waals surface area contributed by atoms with E-state index in [4.69, 9.17) is 0 Å². The van der Waals surface area contributed by atoms with E-state index in [0.29, 0.717) is 5.75 Å². The number of rotatable bonds is 6. The summed E-state index contributed by atoms with van der Waals surface area (Å²) in [5.41, 5.74) is 1.00. The lowest BCUT2D eigenvalue weighted by Gasteiger charge is -2.19. The molecule has 0 aliphatic heterocycles. The molecule has 1 atom stereocenters. The third kappa shape index (κ3) is 3.68. The molecule has 0 saturated heterocycles. The molecular weight excluding hydrogens is 322 g/mol. The fraction of sp³-hybridized carbons (Fsp3) is 0.235. The molecule has 3 rings (SSSR count). The van der Waals surface area contributed by atoms with Gasteiger partial charge in [-0.1, -0.05) is 42.1 Å². The molecule has 6 nitrogen and oxygen atoms in total. The van der Waals surface area contributed by atoms with Gasteiger partial charge in [0.05, 0.1) is 5.75 Å². The van der Waals surface area contributed by atoms with Crippen LogP contribution in [-0.4, -0.2) is 30.8 Å². The van der Waals surface area contributed by atoms with Gasteiger partial charge in [-0.15, -0.1) is 0 Å². The predicted molar refractivity (Wildman–Crippen MR) is 93.6 cm³/mol. The highest BCUT2D eigenvalue weighted by atomic mass is 32.2. The van der Waals surface area contributed by atoms with E-state index in [9.17, 15) is 4.79 Å². The molecule has 24 heavy (non-hydrogen) atoms. The van der Waals surface area contributed by atoms with Crippen molar-refractivity contribution in [3.05, 3.63) is 66.5 Å². The van der Waals surface area contributed by atoms with E-state index in [1.165, 1.54) is 11.8 Å². The number of amides is 1. The van der Waals surface area contributed by atoms with E-state index in [-0.39, 0.29) is 11.9 Å². The van der Waals surface area contributed by atoms with Crippen LogP contribution in [0.3, 0.4) is 0 Å². The second kappa shape index (κ2) is 7.35. The number of benzene rings is 1. The zero-order chi connectivity index (χ0) is 16.9. The van der Waals surface area contributed by atoms with Gasteiger partial charge in [0.15, 0.2) is 5.16 Å². The van der Waals surface area contributed by atoms with Crippen molar-refractivity contribution in [1.82, 2.24) is 24.4 Å². The van der Waals surface area contributed by atoms with Gasteiger partial charge in [0, 0.05) is 38.9 Å². The Kier molecular flexibility index (Phi) is 5.00. The summed E-state index contributed by atoms with van der Waals surface area (Å²) in [7, 11) is 3.83. The second-order valence-corrected chi connectivity index (χ2v) is 6.36. The Balaban J connectivity index is 1.73. The summed E-state index contributed by atoms with van der Waals surface area (Å²) in [4.78, 5) is 21.0. The van der Waals surface area contributed by atoms with Crippen LogP contribution >= 0.6 is 11.8 Å². The van der Waals surface area contributed by atoms with E-state index in [1.807, 2.05) is 66.0 Å².